The zero-order chi connectivity index (χ0) is 20.6. The molecule has 1 amide bonds. The van der Waals surface area contributed by atoms with Crippen LogP contribution in [-0.4, -0.2) is 44.1 Å². The fourth-order valence-corrected chi connectivity index (χ4v) is 3.49. The molecule has 0 aliphatic carbocycles. The van der Waals surface area contributed by atoms with Crippen LogP contribution in [0.1, 0.15) is 11.1 Å². The third-order valence-electron chi connectivity index (χ3n) is 5.02. The average molecular weight is 387 g/mol. The van der Waals surface area contributed by atoms with Crippen LogP contribution in [0, 0.1) is 11.3 Å². The summed E-state index contributed by atoms with van der Waals surface area (Å²) in [5.41, 5.74) is 3.07. The van der Waals surface area contributed by atoms with Gasteiger partial charge in [0.05, 0.1) is 7.11 Å². The topological polar surface area (TPSA) is 56.6 Å². The minimum atomic E-state index is -0.221. The Morgan fingerprint density at radius 2 is 1.90 bits per heavy atom. The molecule has 5 nitrogen and oxygen atoms in total. The summed E-state index contributed by atoms with van der Waals surface area (Å²) < 4.78 is 5.36. The summed E-state index contributed by atoms with van der Waals surface area (Å²) in [5, 5.41) is 9.57. The van der Waals surface area contributed by atoms with Gasteiger partial charge in [-0.2, -0.15) is 5.26 Å². The second-order valence-corrected chi connectivity index (χ2v) is 6.85. The summed E-state index contributed by atoms with van der Waals surface area (Å²) in [4.78, 5) is 16.9. The number of nitriles is 1. The molecule has 3 rings (SSSR count). The van der Waals surface area contributed by atoms with Gasteiger partial charge in [0.1, 0.15) is 17.4 Å². The molecule has 1 heterocycles. The third kappa shape index (κ3) is 4.85. The van der Waals surface area contributed by atoms with Gasteiger partial charge in [0.2, 0.25) is 0 Å². The number of piperazine rings is 1. The van der Waals surface area contributed by atoms with Crippen LogP contribution in [-0.2, 0) is 11.2 Å². The van der Waals surface area contributed by atoms with Crippen molar-refractivity contribution in [1.82, 2.24) is 4.90 Å². The molecule has 0 atom stereocenters. The molecule has 0 N–H and O–H groups in total. The molecule has 148 valence electrons. The number of para-hydroxylation sites is 1. The number of methoxy groups -OCH3 is 1. The highest BCUT2D eigenvalue weighted by molar-refractivity contribution is 6.01. The van der Waals surface area contributed by atoms with Crippen molar-refractivity contribution in [3.63, 3.8) is 0 Å². The number of amides is 1. The van der Waals surface area contributed by atoms with Crippen molar-refractivity contribution in [3.8, 4) is 11.8 Å². The predicted molar refractivity (Wildman–Crippen MR) is 116 cm³/mol. The lowest BCUT2D eigenvalue weighted by Gasteiger charge is -2.36. The molecule has 0 aromatic heterocycles. The lowest BCUT2D eigenvalue weighted by Crippen LogP contribution is -2.49. The van der Waals surface area contributed by atoms with Crippen molar-refractivity contribution >= 4 is 17.7 Å². The Bertz CT molecular complexity index is 936. The van der Waals surface area contributed by atoms with Crippen LogP contribution in [0.4, 0.5) is 5.69 Å². The van der Waals surface area contributed by atoms with Crippen LogP contribution >= 0.6 is 0 Å². The van der Waals surface area contributed by atoms with Gasteiger partial charge in [0.25, 0.3) is 5.91 Å². The average Bonchev–Trinajstić information content (AvgIpc) is 2.78. The van der Waals surface area contributed by atoms with E-state index in [1.165, 1.54) is 0 Å². The molecule has 1 fully saturated rings. The Hall–Kier alpha value is -3.52. The Balaban J connectivity index is 1.72. The summed E-state index contributed by atoms with van der Waals surface area (Å²) in [7, 11) is 1.62. The second kappa shape index (κ2) is 9.61. The van der Waals surface area contributed by atoms with E-state index in [1.807, 2.05) is 36.4 Å². The van der Waals surface area contributed by atoms with Gasteiger partial charge in [-0.25, -0.2) is 0 Å². The van der Waals surface area contributed by atoms with Crippen LogP contribution in [0.2, 0.25) is 0 Å². The first-order valence-electron chi connectivity index (χ1n) is 9.65. The van der Waals surface area contributed by atoms with E-state index in [2.05, 4.69) is 29.7 Å². The first-order chi connectivity index (χ1) is 14.2. The number of ether oxygens (including phenoxy) is 1. The summed E-state index contributed by atoms with van der Waals surface area (Å²) in [6, 6.07) is 17.9. The predicted octanol–water partition coefficient (Wildman–Crippen LogP) is 3.68. The van der Waals surface area contributed by atoms with Crippen molar-refractivity contribution in [1.29, 1.82) is 5.26 Å². The Labute approximate surface area is 172 Å². The molecular formula is C24H25N3O2. The van der Waals surface area contributed by atoms with Gasteiger partial charge in [-0.3, -0.25) is 4.79 Å². The molecule has 0 bridgehead atoms. The Morgan fingerprint density at radius 3 is 2.52 bits per heavy atom. The standard InChI is InChI=1S/C24H25N3O2/c1-3-7-20-16-19(10-11-23(20)29-2)17-21(18-25)24(28)27-14-12-26(13-15-27)22-8-5-4-6-9-22/h3-6,8-11,16-17H,1,7,12-15H2,2H3/b21-17-. The monoisotopic (exact) mass is 387 g/mol. The van der Waals surface area contributed by atoms with E-state index >= 15 is 0 Å². The molecule has 1 aliphatic rings. The number of nitrogens with zero attached hydrogens (tertiary/aromatic N) is 3. The fraction of sp³-hybridized carbons (Fsp3) is 0.250. The number of rotatable bonds is 6. The first-order valence-corrected chi connectivity index (χ1v) is 9.65. The molecule has 2 aromatic carbocycles. The molecule has 1 saturated heterocycles. The largest absolute Gasteiger partial charge is 0.496 e. The van der Waals surface area contributed by atoms with Crippen molar-refractivity contribution in [2.45, 2.75) is 6.42 Å². The zero-order valence-corrected chi connectivity index (χ0v) is 16.7. The summed E-state index contributed by atoms with van der Waals surface area (Å²) in [6.45, 7) is 6.46. The summed E-state index contributed by atoms with van der Waals surface area (Å²) in [6.07, 6.45) is 4.11. The SMILES string of the molecule is C=CCc1cc(/C=C(/C#N)C(=O)N2CCN(c3ccccc3)CC2)ccc1OC. The van der Waals surface area contributed by atoms with Crippen LogP contribution in [0.5, 0.6) is 5.75 Å². The maximum Gasteiger partial charge on any atom is 0.264 e. The van der Waals surface area contributed by atoms with Crippen LogP contribution in [0.3, 0.4) is 0 Å². The number of hydrogen-bond acceptors (Lipinski definition) is 4. The van der Waals surface area contributed by atoms with Crippen molar-refractivity contribution in [2.75, 3.05) is 38.2 Å². The number of anilines is 1. The van der Waals surface area contributed by atoms with E-state index in [4.69, 9.17) is 4.74 Å². The Kier molecular flexibility index (Phi) is 6.70. The lowest BCUT2D eigenvalue weighted by molar-refractivity contribution is -0.126. The first kappa shape index (κ1) is 20.2. The fourth-order valence-electron chi connectivity index (χ4n) is 3.49. The smallest absolute Gasteiger partial charge is 0.264 e. The van der Waals surface area contributed by atoms with Crippen LogP contribution in [0.25, 0.3) is 6.08 Å². The highest BCUT2D eigenvalue weighted by Gasteiger charge is 2.23. The van der Waals surface area contributed by atoms with E-state index in [9.17, 15) is 10.1 Å². The highest BCUT2D eigenvalue weighted by atomic mass is 16.5. The minimum Gasteiger partial charge on any atom is -0.496 e. The maximum atomic E-state index is 12.9. The van der Waals surface area contributed by atoms with Gasteiger partial charge < -0.3 is 14.5 Å². The van der Waals surface area contributed by atoms with Crippen molar-refractivity contribution in [3.05, 3.63) is 77.9 Å². The van der Waals surface area contributed by atoms with Gasteiger partial charge >= 0.3 is 0 Å². The molecule has 0 spiro atoms. The van der Waals surface area contributed by atoms with Crippen LogP contribution < -0.4 is 9.64 Å². The Morgan fingerprint density at radius 1 is 1.17 bits per heavy atom. The lowest BCUT2D eigenvalue weighted by atomic mass is 10.0. The van der Waals surface area contributed by atoms with Gasteiger partial charge in [-0.05, 0) is 47.9 Å². The van der Waals surface area contributed by atoms with Crippen molar-refractivity contribution < 1.29 is 9.53 Å². The van der Waals surface area contributed by atoms with E-state index in [0.717, 1.165) is 35.7 Å². The second-order valence-electron chi connectivity index (χ2n) is 6.85. The summed E-state index contributed by atoms with van der Waals surface area (Å²) >= 11 is 0. The summed E-state index contributed by atoms with van der Waals surface area (Å²) in [5.74, 6) is 0.546. The zero-order valence-electron chi connectivity index (χ0n) is 16.7. The molecule has 5 heteroatoms. The van der Waals surface area contributed by atoms with E-state index in [1.54, 1.807) is 24.2 Å². The van der Waals surface area contributed by atoms with Gasteiger partial charge in [0, 0.05) is 31.9 Å². The number of benzene rings is 2. The van der Waals surface area contributed by atoms with Gasteiger partial charge in [0.15, 0.2) is 0 Å². The normalized spacial score (nSPS) is 14.3. The highest BCUT2D eigenvalue weighted by Crippen LogP contribution is 2.23. The molecule has 0 saturated carbocycles. The van der Waals surface area contributed by atoms with Gasteiger partial charge in [-0.15, -0.1) is 6.58 Å². The number of carbonyl (C=O) groups is 1. The van der Waals surface area contributed by atoms with Crippen molar-refractivity contribution in [2.24, 2.45) is 0 Å². The van der Waals surface area contributed by atoms with E-state index < -0.39 is 0 Å². The molecule has 0 unspecified atom stereocenters. The maximum absolute atomic E-state index is 12.9. The molecule has 0 radical (unpaired) electrons. The molecule has 1 aliphatic heterocycles. The minimum absolute atomic E-state index is 0.146. The quantitative estimate of drug-likeness (QED) is 0.431. The molecule has 29 heavy (non-hydrogen) atoms. The number of hydrogen-bond donors (Lipinski definition) is 0. The van der Waals surface area contributed by atoms with E-state index in [0.29, 0.717) is 19.5 Å². The molecule has 2 aromatic rings. The van der Waals surface area contributed by atoms with E-state index in [-0.39, 0.29) is 11.5 Å². The number of allylic oxidation sites excluding steroid dienone is 1. The molecular weight excluding hydrogens is 362 g/mol. The van der Waals surface area contributed by atoms with Crippen LogP contribution in [0.15, 0.2) is 66.8 Å². The number of carbonyl (C=O) groups excluding carboxylic acids is 1. The third-order valence-corrected chi connectivity index (χ3v) is 5.02. The van der Waals surface area contributed by atoms with Gasteiger partial charge in [-0.1, -0.05) is 30.3 Å².